The van der Waals surface area contributed by atoms with E-state index in [1.165, 1.54) is 17.5 Å². The highest BCUT2D eigenvalue weighted by molar-refractivity contribution is 7.91. The number of alkyl halides is 6. The summed E-state index contributed by atoms with van der Waals surface area (Å²) in [6.45, 7) is 1.37. The monoisotopic (exact) mass is 476 g/mol. The number of hydrogen-bond donors (Lipinski definition) is 0. The van der Waals surface area contributed by atoms with Crippen LogP contribution in [0.15, 0.2) is 41.6 Å². The number of imidazole rings is 2. The van der Waals surface area contributed by atoms with Crippen molar-refractivity contribution < 1.29 is 34.8 Å². The molecule has 0 unspecified atom stereocenters. The first kappa shape index (κ1) is 22.1. The Morgan fingerprint density at radius 3 is 2.28 bits per heavy atom. The largest absolute Gasteiger partial charge is 0.449 e. The second-order valence-corrected chi connectivity index (χ2v) is 9.28. The van der Waals surface area contributed by atoms with Gasteiger partial charge in [0.1, 0.15) is 5.65 Å². The lowest BCUT2D eigenvalue weighted by Gasteiger charge is -2.09. The third-order valence-electron chi connectivity index (χ3n) is 5.01. The van der Waals surface area contributed by atoms with E-state index >= 15 is 0 Å². The van der Waals surface area contributed by atoms with Crippen LogP contribution in [0.5, 0.6) is 0 Å². The second-order valence-electron chi connectivity index (χ2n) is 7.04. The third kappa shape index (κ3) is 3.59. The highest BCUT2D eigenvalue weighted by Gasteiger charge is 2.37. The van der Waals surface area contributed by atoms with Crippen molar-refractivity contribution in [2.75, 3.05) is 5.75 Å². The summed E-state index contributed by atoms with van der Waals surface area (Å²) in [6.07, 6.45) is -6.96. The maximum Gasteiger partial charge on any atom is 0.449 e. The summed E-state index contributed by atoms with van der Waals surface area (Å²) in [5.74, 6) is -1.56. The van der Waals surface area contributed by atoms with E-state index in [2.05, 4.69) is 9.97 Å². The molecule has 0 aliphatic carbocycles. The summed E-state index contributed by atoms with van der Waals surface area (Å²) in [7, 11) is -2.82. The van der Waals surface area contributed by atoms with E-state index in [0.717, 1.165) is 42.1 Å². The number of nitrogens with zero attached hydrogens (tertiary/aromatic N) is 4. The zero-order valence-electron chi connectivity index (χ0n) is 16.5. The van der Waals surface area contributed by atoms with E-state index in [4.69, 9.17) is 0 Å². The predicted molar refractivity (Wildman–Crippen MR) is 103 cm³/mol. The molecule has 170 valence electrons. The predicted octanol–water partition coefficient (Wildman–Crippen LogP) is 4.72. The van der Waals surface area contributed by atoms with Crippen LogP contribution in [0.1, 0.15) is 18.3 Å². The van der Waals surface area contributed by atoms with E-state index in [-0.39, 0.29) is 38.6 Å². The fraction of sp³-hybridized carbons (Fsp3) is 0.263. The van der Waals surface area contributed by atoms with Crippen molar-refractivity contribution >= 4 is 26.5 Å². The summed E-state index contributed by atoms with van der Waals surface area (Å²) in [6, 6.07) is 3.86. The Morgan fingerprint density at radius 2 is 1.69 bits per heavy atom. The minimum Gasteiger partial charge on any atom is -0.323 e. The van der Waals surface area contributed by atoms with Crippen molar-refractivity contribution in [1.82, 2.24) is 18.9 Å². The topological polar surface area (TPSA) is 69.3 Å². The lowest BCUT2D eigenvalue weighted by Crippen LogP contribution is -2.12. The zero-order valence-corrected chi connectivity index (χ0v) is 17.3. The standard InChI is InChI=1S/C19H14F6N4O2S/c1-3-32(30,31)15-8-14-12(27-17(28(14)2)19(23,24)25)7-11(15)13-9-29-5-4-10(18(20,21)22)6-16(29)26-13/h4-9H,3H2,1-2H3. The van der Waals surface area contributed by atoms with Crippen molar-refractivity contribution in [3.8, 4) is 11.3 Å². The van der Waals surface area contributed by atoms with Gasteiger partial charge in [0.2, 0.25) is 5.82 Å². The molecular formula is C19H14F6N4O2S. The van der Waals surface area contributed by atoms with E-state index in [1.54, 1.807) is 0 Å². The molecule has 4 aromatic rings. The first-order chi connectivity index (χ1) is 14.7. The number of hydrogen-bond acceptors (Lipinski definition) is 4. The quantitative estimate of drug-likeness (QED) is 0.402. The van der Waals surface area contributed by atoms with Gasteiger partial charge in [0.05, 0.1) is 32.9 Å². The second kappa shape index (κ2) is 6.95. The molecule has 0 aliphatic heterocycles. The molecule has 0 N–H and O–H groups in total. The summed E-state index contributed by atoms with van der Waals surface area (Å²) < 4.78 is 106. The number of aryl methyl sites for hydroxylation is 1. The van der Waals surface area contributed by atoms with Crippen molar-refractivity contribution in [2.24, 2.45) is 7.05 Å². The minimum absolute atomic E-state index is 0.0162. The van der Waals surface area contributed by atoms with Crippen LogP contribution in [-0.2, 0) is 29.2 Å². The number of benzene rings is 1. The maximum absolute atomic E-state index is 13.3. The smallest absolute Gasteiger partial charge is 0.323 e. The van der Waals surface area contributed by atoms with Crippen molar-refractivity contribution in [3.05, 3.63) is 48.0 Å². The first-order valence-corrected chi connectivity index (χ1v) is 10.7. The number of fused-ring (bicyclic) bond motifs is 2. The van der Waals surface area contributed by atoms with Gasteiger partial charge in [0, 0.05) is 25.0 Å². The van der Waals surface area contributed by atoms with Gasteiger partial charge in [-0.3, -0.25) is 0 Å². The molecule has 0 radical (unpaired) electrons. The molecule has 1 aromatic carbocycles. The highest BCUT2D eigenvalue weighted by atomic mass is 32.2. The summed E-state index contributed by atoms with van der Waals surface area (Å²) in [5.41, 5.74) is -1.31. The highest BCUT2D eigenvalue weighted by Crippen LogP contribution is 2.36. The van der Waals surface area contributed by atoms with Crippen LogP contribution < -0.4 is 0 Å². The van der Waals surface area contributed by atoms with Crippen LogP contribution in [0.4, 0.5) is 26.3 Å². The van der Waals surface area contributed by atoms with Crippen LogP contribution in [0.25, 0.3) is 27.9 Å². The van der Waals surface area contributed by atoms with Crippen LogP contribution in [-0.4, -0.2) is 33.1 Å². The normalized spacial score (nSPS) is 13.4. The molecule has 0 aliphatic rings. The molecule has 3 aromatic heterocycles. The van der Waals surface area contributed by atoms with Gasteiger partial charge < -0.3 is 8.97 Å². The molecule has 13 heteroatoms. The fourth-order valence-electron chi connectivity index (χ4n) is 3.37. The number of rotatable bonds is 3. The molecule has 0 amide bonds. The number of halogens is 6. The lowest BCUT2D eigenvalue weighted by atomic mass is 10.1. The Kier molecular flexibility index (Phi) is 4.81. The molecule has 6 nitrogen and oxygen atoms in total. The summed E-state index contributed by atoms with van der Waals surface area (Å²) in [5, 5.41) is 0. The molecule has 3 heterocycles. The lowest BCUT2D eigenvalue weighted by molar-refractivity contribution is -0.146. The minimum atomic E-state index is -4.77. The van der Waals surface area contributed by atoms with E-state index < -0.39 is 33.6 Å². The van der Waals surface area contributed by atoms with Gasteiger partial charge in [-0.1, -0.05) is 6.92 Å². The van der Waals surface area contributed by atoms with Gasteiger partial charge in [-0.2, -0.15) is 26.3 Å². The number of sulfone groups is 1. The summed E-state index contributed by atoms with van der Waals surface area (Å²) >= 11 is 0. The van der Waals surface area contributed by atoms with Gasteiger partial charge >= 0.3 is 12.4 Å². The maximum atomic E-state index is 13.3. The average Bonchev–Trinajstić information content (AvgIpc) is 3.26. The van der Waals surface area contributed by atoms with Gasteiger partial charge in [0.15, 0.2) is 9.84 Å². The van der Waals surface area contributed by atoms with Gasteiger partial charge in [-0.25, -0.2) is 18.4 Å². The van der Waals surface area contributed by atoms with Crippen LogP contribution in [0, 0.1) is 0 Å². The fourth-order valence-corrected chi connectivity index (χ4v) is 4.47. The molecule has 0 spiro atoms. The SMILES string of the molecule is CCS(=O)(=O)c1cc2c(cc1-c1cn3ccc(C(F)(F)F)cc3n1)nc(C(F)(F)F)n2C. The van der Waals surface area contributed by atoms with E-state index in [1.807, 2.05) is 0 Å². The molecule has 0 fully saturated rings. The molecule has 0 atom stereocenters. The van der Waals surface area contributed by atoms with Crippen LogP contribution in [0.3, 0.4) is 0 Å². The number of pyridine rings is 1. The Hall–Kier alpha value is -3.09. The van der Waals surface area contributed by atoms with E-state index in [0.29, 0.717) is 0 Å². The molecule has 4 rings (SSSR count). The molecule has 0 saturated carbocycles. The zero-order chi connectivity index (χ0) is 23.6. The third-order valence-corrected chi connectivity index (χ3v) is 6.78. The summed E-state index contributed by atoms with van der Waals surface area (Å²) in [4.78, 5) is 7.38. The number of aromatic nitrogens is 4. The van der Waals surface area contributed by atoms with Crippen LogP contribution in [0.2, 0.25) is 0 Å². The van der Waals surface area contributed by atoms with Gasteiger partial charge in [-0.15, -0.1) is 0 Å². The average molecular weight is 476 g/mol. The first-order valence-electron chi connectivity index (χ1n) is 9.09. The molecular weight excluding hydrogens is 462 g/mol. The Labute approximate surface area is 177 Å². The van der Waals surface area contributed by atoms with Crippen molar-refractivity contribution in [2.45, 2.75) is 24.2 Å². The van der Waals surface area contributed by atoms with Gasteiger partial charge in [0.25, 0.3) is 0 Å². The Morgan fingerprint density at radius 1 is 1.00 bits per heavy atom. The Bertz CT molecular complexity index is 1470. The molecule has 0 bridgehead atoms. The van der Waals surface area contributed by atoms with Crippen molar-refractivity contribution in [1.29, 1.82) is 0 Å². The van der Waals surface area contributed by atoms with Crippen molar-refractivity contribution in [3.63, 3.8) is 0 Å². The van der Waals surface area contributed by atoms with E-state index in [9.17, 15) is 34.8 Å². The molecule has 0 saturated heterocycles. The Balaban J connectivity index is 2.01. The molecule has 32 heavy (non-hydrogen) atoms. The van der Waals surface area contributed by atoms with Gasteiger partial charge in [-0.05, 0) is 24.3 Å². The van der Waals surface area contributed by atoms with Crippen LogP contribution >= 0.6 is 0 Å².